The summed E-state index contributed by atoms with van der Waals surface area (Å²) in [6, 6.07) is 1.92. The minimum atomic E-state index is -0.488. The smallest absolute Gasteiger partial charge is 0.435 e. The summed E-state index contributed by atoms with van der Waals surface area (Å²) in [5, 5.41) is 7.65. The molecule has 0 unspecified atom stereocenters. The van der Waals surface area contributed by atoms with Gasteiger partial charge in [-0.1, -0.05) is 0 Å². The lowest BCUT2D eigenvalue weighted by Gasteiger charge is -2.21. The molecule has 0 radical (unpaired) electrons. The van der Waals surface area contributed by atoms with Gasteiger partial charge < -0.3 is 10.1 Å². The van der Waals surface area contributed by atoms with Crippen LogP contribution in [0, 0.1) is 0 Å². The van der Waals surface area contributed by atoms with Gasteiger partial charge >= 0.3 is 6.09 Å². The van der Waals surface area contributed by atoms with E-state index in [0.717, 1.165) is 31.6 Å². The van der Waals surface area contributed by atoms with Gasteiger partial charge in [0, 0.05) is 12.1 Å². The second kappa shape index (κ2) is 5.10. The molecule has 2 heterocycles. The van der Waals surface area contributed by atoms with Crippen molar-refractivity contribution in [1.82, 2.24) is 15.1 Å². The predicted octanol–water partition coefficient (Wildman–Crippen LogP) is 2.13. The quantitative estimate of drug-likeness (QED) is 0.830. The highest BCUT2D eigenvalue weighted by atomic mass is 16.6. The predicted molar refractivity (Wildman–Crippen MR) is 68.7 cm³/mol. The molecule has 1 aromatic heterocycles. The largest absolute Gasteiger partial charge is 0.442 e. The summed E-state index contributed by atoms with van der Waals surface area (Å²) in [7, 11) is 0. The Kier molecular flexibility index (Phi) is 3.71. The van der Waals surface area contributed by atoms with Crippen molar-refractivity contribution in [3.8, 4) is 0 Å². The van der Waals surface area contributed by atoms with Crippen molar-refractivity contribution < 1.29 is 9.53 Å². The fourth-order valence-corrected chi connectivity index (χ4v) is 2.08. The number of hydrogen-bond acceptors (Lipinski definition) is 4. The zero-order valence-corrected chi connectivity index (χ0v) is 11.3. The van der Waals surface area contributed by atoms with E-state index in [1.54, 1.807) is 6.20 Å². The van der Waals surface area contributed by atoms with Crippen LogP contribution in [-0.4, -0.2) is 34.6 Å². The van der Waals surface area contributed by atoms with Crippen LogP contribution in [0.3, 0.4) is 0 Å². The fourth-order valence-electron chi connectivity index (χ4n) is 2.08. The van der Waals surface area contributed by atoms with E-state index >= 15 is 0 Å². The van der Waals surface area contributed by atoms with Crippen LogP contribution in [-0.2, 0) is 4.74 Å². The van der Waals surface area contributed by atoms with Crippen molar-refractivity contribution >= 4 is 6.09 Å². The molecule has 0 atom stereocenters. The molecule has 1 N–H and O–H groups in total. The van der Waals surface area contributed by atoms with Crippen LogP contribution >= 0.6 is 0 Å². The number of piperidine rings is 1. The number of hydrogen-bond donors (Lipinski definition) is 1. The summed E-state index contributed by atoms with van der Waals surface area (Å²) in [4.78, 5) is 11.8. The van der Waals surface area contributed by atoms with E-state index in [1.807, 2.05) is 26.8 Å². The van der Waals surface area contributed by atoms with Gasteiger partial charge in [0.05, 0.1) is 5.69 Å². The number of carbonyl (C=O) groups excluding carboxylic acids is 1. The summed E-state index contributed by atoms with van der Waals surface area (Å²) >= 11 is 0. The average molecular weight is 251 g/mol. The number of carbonyl (C=O) groups is 1. The van der Waals surface area contributed by atoms with E-state index < -0.39 is 11.7 Å². The maximum Gasteiger partial charge on any atom is 0.435 e. The lowest BCUT2D eigenvalue weighted by atomic mass is 9.95. The molecular weight excluding hydrogens is 230 g/mol. The Morgan fingerprint density at radius 1 is 1.44 bits per heavy atom. The summed E-state index contributed by atoms with van der Waals surface area (Å²) in [6.45, 7) is 7.58. The normalized spacial score (nSPS) is 17.7. The van der Waals surface area contributed by atoms with Crippen molar-refractivity contribution in [3.05, 3.63) is 18.0 Å². The van der Waals surface area contributed by atoms with Crippen molar-refractivity contribution in [1.29, 1.82) is 0 Å². The van der Waals surface area contributed by atoms with E-state index in [-0.39, 0.29) is 0 Å². The monoisotopic (exact) mass is 251 g/mol. The Bertz CT molecular complexity index is 414. The molecule has 0 aromatic carbocycles. The Balaban J connectivity index is 2.03. The van der Waals surface area contributed by atoms with Crippen molar-refractivity contribution in [3.63, 3.8) is 0 Å². The van der Waals surface area contributed by atoms with E-state index in [9.17, 15) is 4.79 Å². The number of nitrogens with one attached hydrogen (secondary N) is 1. The number of nitrogens with zero attached hydrogens (tertiary/aromatic N) is 2. The topological polar surface area (TPSA) is 56.1 Å². The van der Waals surface area contributed by atoms with Crippen LogP contribution in [0.25, 0.3) is 0 Å². The van der Waals surface area contributed by atoms with Crippen molar-refractivity contribution in [2.24, 2.45) is 0 Å². The van der Waals surface area contributed by atoms with Crippen molar-refractivity contribution in [2.75, 3.05) is 13.1 Å². The molecule has 100 valence electrons. The molecule has 0 aliphatic carbocycles. The molecule has 1 saturated heterocycles. The second-order valence-electron chi connectivity index (χ2n) is 5.69. The van der Waals surface area contributed by atoms with E-state index in [4.69, 9.17) is 4.74 Å². The molecule has 0 saturated carbocycles. The van der Waals surface area contributed by atoms with Crippen LogP contribution in [0.4, 0.5) is 4.79 Å². The number of aromatic nitrogens is 2. The maximum atomic E-state index is 11.8. The third kappa shape index (κ3) is 3.32. The lowest BCUT2D eigenvalue weighted by molar-refractivity contribution is 0.0513. The Morgan fingerprint density at radius 2 is 2.11 bits per heavy atom. The molecule has 5 nitrogen and oxygen atoms in total. The second-order valence-corrected chi connectivity index (χ2v) is 5.69. The van der Waals surface area contributed by atoms with Crippen LogP contribution in [0.15, 0.2) is 12.3 Å². The molecular formula is C13H21N3O2. The molecule has 0 bridgehead atoms. The minimum Gasteiger partial charge on any atom is -0.442 e. The van der Waals surface area contributed by atoms with Gasteiger partial charge in [0.25, 0.3) is 0 Å². The Hall–Kier alpha value is -1.36. The van der Waals surface area contributed by atoms with E-state index in [1.165, 1.54) is 4.68 Å². The Morgan fingerprint density at radius 3 is 2.72 bits per heavy atom. The SMILES string of the molecule is CC(C)(C)OC(=O)n1ccc(C2CCNCC2)n1. The molecule has 1 aliphatic heterocycles. The van der Waals surface area contributed by atoms with E-state index in [0.29, 0.717) is 5.92 Å². The molecule has 1 aliphatic rings. The molecule has 0 amide bonds. The third-order valence-electron chi connectivity index (χ3n) is 2.95. The van der Waals surface area contributed by atoms with Gasteiger partial charge in [-0.2, -0.15) is 9.78 Å². The molecule has 1 aromatic rings. The highest BCUT2D eigenvalue weighted by molar-refractivity contribution is 5.69. The van der Waals surface area contributed by atoms with Gasteiger partial charge in [0.15, 0.2) is 0 Å². The molecule has 5 heteroatoms. The van der Waals surface area contributed by atoms with Gasteiger partial charge in [-0.15, -0.1) is 0 Å². The maximum absolute atomic E-state index is 11.8. The number of ether oxygens (including phenoxy) is 1. The van der Waals surface area contributed by atoms with Gasteiger partial charge in [-0.3, -0.25) is 0 Å². The Labute approximate surface area is 108 Å². The minimum absolute atomic E-state index is 0.414. The summed E-state index contributed by atoms with van der Waals surface area (Å²) < 4.78 is 6.57. The summed E-state index contributed by atoms with van der Waals surface area (Å²) in [6.07, 6.45) is 3.42. The first kappa shape index (κ1) is 13.1. The van der Waals surface area contributed by atoms with Gasteiger partial charge in [-0.25, -0.2) is 4.79 Å². The molecule has 1 fully saturated rings. The highest BCUT2D eigenvalue weighted by Gasteiger charge is 2.21. The van der Waals surface area contributed by atoms with Crippen LogP contribution in [0.5, 0.6) is 0 Å². The van der Waals surface area contributed by atoms with Crippen molar-refractivity contribution in [2.45, 2.75) is 45.1 Å². The van der Waals surface area contributed by atoms with Crippen LogP contribution in [0.2, 0.25) is 0 Å². The molecule has 18 heavy (non-hydrogen) atoms. The summed E-state index contributed by atoms with van der Waals surface area (Å²) in [5.41, 5.74) is 0.500. The zero-order chi connectivity index (χ0) is 13.2. The van der Waals surface area contributed by atoms with Gasteiger partial charge in [0.1, 0.15) is 5.60 Å². The highest BCUT2D eigenvalue weighted by Crippen LogP contribution is 2.23. The molecule has 0 spiro atoms. The zero-order valence-electron chi connectivity index (χ0n) is 11.3. The van der Waals surface area contributed by atoms with Crippen LogP contribution in [0.1, 0.15) is 45.2 Å². The number of rotatable bonds is 1. The van der Waals surface area contributed by atoms with E-state index in [2.05, 4.69) is 10.4 Å². The average Bonchev–Trinajstić information content (AvgIpc) is 2.77. The third-order valence-corrected chi connectivity index (χ3v) is 2.95. The van der Waals surface area contributed by atoms with Crippen LogP contribution < -0.4 is 5.32 Å². The first-order valence-corrected chi connectivity index (χ1v) is 6.45. The fraction of sp³-hybridized carbons (Fsp3) is 0.692. The van der Waals surface area contributed by atoms with Gasteiger partial charge in [0.2, 0.25) is 0 Å². The van der Waals surface area contributed by atoms with Gasteiger partial charge in [-0.05, 0) is 52.8 Å². The first-order chi connectivity index (χ1) is 8.46. The lowest BCUT2D eigenvalue weighted by Crippen LogP contribution is -2.28. The molecule has 2 rings (SSSR count). The standard InChI is InChI=1S/C13H21N3O2/c1-13(2,3)18-12(17)16-9-6-11(15-16)10-4-7-14-8-5-10/h6,9-10,14H,4-5,7-8H2,1-3H3. The summed E-state index contributed by atoms with van der Waals surface area (Å²) in [5.74, 6) is 0.454. The first-order valence-electron chi connectivity index (χ1n) is 6.45.